The number of hydrogen-bond acceptors (Lipinski definition) is 2. The third-order valence-electron chi connectivity index (χ3n) is 4.08. The second-order valence-corrected chi connectivity index (χ2v) is 6.63. The van der Waals surface area contributed by atoms with Gasteiger partial charge in [0, 0.05) is 9.89 Å². The predicted octanol–water partition coefficient (Wildman–Crippen LogP) is 3.53. The van der Waals surface area contributed by atoms with E-state index in [4.69, 9.17) is 0 Å². The highest BCUT2D eigenvalue weighted by Crippen LogP contribution is 2.31. The summed E-state index contributed by atoms with van der Waals surface area (Å²) in [6.45, 7) is 3.94. The molecule has 0 radical (unpaired) electrons. The van der Waals surface area contributed by atoms with Crippen molar-refractivity contribution < 1.29 is 10.2 Å². The standard InChI is InChI=1S/C18H21BrO2/c1-13-6-7-14(2)15(8-13)10-18(11-20,12-21)16-4-3-5-17(19)9-16/h3-9,20-21H,10-12H2,1-2H3. The van der Waals surface area contributed by atoms with E-state index in [1.165, 1.54) is 11.1 Å². The minimum absolute atomic E-state index is 0.0899. The monoisotopic (exact) mass is 348 g/mol. The van der Waals surface area contributed by atoms with Gasteiger partial charge in [-0.25, -0.2) is 0 Å². The van der Waals surface area contributed by atoms with Crippen molar-refractivity contribution in [1.82, 2.24) is 0 Å². The maximum absolute atomic E-state index is 9.97. The van der Waals surface area contributed by atoms with E-state index in [1.807, 2.05) is 24.3 Å². The predicted molar refractivity (Wildman–Crippen MR) is 89.6 cm³/mol. The average Bonchev–Trinajstić information content (AvgIpc) is 2.48. The van der Waals surface area contributed by atoms with Crippen molar-refractivity contribution in [2.75, 3.05) is 13.2 Å². The molecule has 0 spiro atoms. The number of hydrogen-bond donors (Lipinski definition) is 2. The Morgan fingerprint density at radius 3 is 2.33 bits per heavy atom. The van der Waals surface area contributed by atoms with Crippen molar-refractivity contribution in [2.45, 2.75) is 25.7 Å². The summed E-state index contributed by atoms with van der Waals surface area (Å²) in [5.41, 5.74) is 3.82. The first-order chi connectivity index (χ1) is 10.0. The Labute approximate surface area is 134 Å². The van der Waals surface area contributed by atoms with Gasteiger partial charge in [-0.3, -0.25) is 0 Å². The van der Waals surface area contributed by atoms with Crippen molar-refractivity contribution in [1.29, 1.82) is 0 Å². The summed E-state index contributed by atoms with van der Waals surface area (Å²) in [7, 11) is 0. The molecule has 2 rings (SSSR count). The van der Waals surface area contributed by atoms with E-state index in [-0.39, 0.29) is 13.2 Å². The van der Waals surface area contributed by atoms with Crippen LogP contribution in [0.5, 0.6) is 0 Å². The fourth-order valence-corrected chi connectivity index (χ4v) is 3.02. The SMILES string of the molecule is Cc1ccc(C)c(CC(CO)(CO)c2cccc(Br)c2)c1. The third-order valence-corrected chi connectivity index (χ3v) is 4.57. The van der Waals surface area contributed by atoms with Crippen LogP contribution in [0.2, 0.25) is 0 Å². The summed E-state index contributed by atoms with van der Waals surface area (Å²) in [4.78, 5) is 0. The smallest absolute Gasteiger partial charge is 0.0553 e. The highest BCUT2D eigenvalue weighted by molar-refractivity contribution is 9.10. The van der Waals surface area contributed by atoms with Gasteiger partial charge >= 0.3 is 0 Å². The zero-order valence-corrected chi connectivity index (χ0v) is 14.0. The van der Waals surface area contributed by atoms with Gasteiger partial charge in [-0.1, -0.05) is 51.8 Å². The molecule has 2 nitrogen and oxygen atoms in total. The van der Waals surface area contributed by atoms with Gasteiger partial charge in [0.05, 0.1) is 13.2 Å². The molecule has 0 aliphatic rings. The molecule has 2 aromatic carbocycles. The molecule has 0 saturated heterocycles. The van der Waals surface area contributed by atoms with Gasteiger partial charge in [0.25, 0.3) is 0 Å². The fraction of sp³-hybridized carbons (Fsp3) is 0.333. The molecule has 112 valence electrons. The van der Waals surface area contributed by atoms with Gasteiger partial charge in [-0.15, -0.1) is 0 Å². The summed E-state index contributed by atoms with van der Waals surface area (Å²) in [5.74, 6) is 0. The van der Waals surface area contributed by atoms with E-state index in [2.05, 4.69) is 48.0 Å². The molecular weight excluding hydrogens is 328 g/mol. The molecular formula is C18H21BrO2. The van der Waals surface area contributed by atoms with Gasteiger partial charge in [0.15, 0.2) is 0 Å². The van der Waals surface area contributed by atoms with Crippen LogP contribution in [0.25, 0.3) is 0 Å². The second kappa shape index (κ2) is 6.73. The molecule has 0 saturated carbocycles. The quantitative estimate of drug-likeness (QED) is 0.867. The Morgan fingerprint density at radius 1 is 1.00 bits per heavy atom. The van der Waals surface area contributed by atoms with Crippen molar-refractivity contribution in [3.63, 3.8) is 0 Å². The lowest BCUT2D eigenvalue weighted by Gasteiger charge is -2.31. The minimum Gasteiger partial charge on any atom is -0.395 e. The van der Waals surface area contributed by atoms with Crippen LogP contribution >= 0.6 is 15.9 Å². The van der Waals surface area contributed by atoms with E-state index < -0.39 is 5.41 Å². The maximum atomic E-state index is 9.97. The zero-order chi connectivity index (χ0) is 15.5. The van der Waals surface area contributed by atoms with Crippen molar-refractivity contribution in [3.8, 4) is 0 Å². The number of rotatable bonds is 5. The summed E-state index contributed by atoms with van der Waals surface area (Å²) in [6.07, 6.45) is 0.615. The van der Waals surface area contributed by atoms with Gasteiger partial charge in [0.1, 0.15) is 0 Å². The lowest BCUT2D eigenvalue weighted by Crippen LogP contribution is -2.37. The number of halogens is 1. The topological polar surface area (TPSA) is 40.5 Å². The fourth-order valence-electron chi connectivity index (χ4n) is 2.62. The molecule has 2 N–H and O–H groups in total. The minimum atomic E-state index is -0.664. The first-order valence-corrected chi connectivity index (χ1v) is 7.84. The molecule has 0 aromatic heterocycles. The van der Waals surface area contributed by atoms with Crippen LogP contribution in [0.1, 0.15) is 22.3 Å². The number of aryl methyl sites for hydroxylation is 2. The van der Waals surface area contributed by atoms with Crippen LogP contribution in [0.15, 0.2) is 46.9 Å². The first-order valence-electron chi connectivity index (χ1n) is 7.05. The first kappa shape index (κ1) is 16.2. The molecule has 3 heteroatoms. The maximum Gasteiger partial charge on any atom is 0.0553 e. The van der Waals surface area contributed by atoms with E-state index >= 15 is 0 Å². The van der Waals surface area contributed by atoms with E-state index in [1.54, 1.807) is 0 Å². The van der Waals surface area contributed by atoms with Gasteiger partial charge in [-0.2, -0.15) is 0 Å². The molecule has 0 heterocycles. The van der Waals surface area contributed by atoms with Gasteiger partial charge in [0.2, 0.25) is 0 Å². The normalized spacial score (nSPS) is 11.7. The lowest BCUT2D eigenvalue weighted by molar-refractivity contribution is 0.116. The highest BCUT2D eigenvalue weighted by atomic mass is 79.9. The van der Waals surface area contributed by atoms with E-state index in [0.717, 1.165) is 15.6 Å². The molecule has 0 amide bonds. The number of aliphatic hydroxyl groups excluding tert-OH is 2. The largest absolute Gasteiger partial charge is 0.395 e. The van der Waals surface area contributed by atoms with E-state index in [0.29, 0.717) is 6.42 Å². The van der Waals surface area contributed by atoms with Crippen LogP contribution in [-0.4, -0.2) is 23.4 Å². The second-order valence-electron chi connectivity index (χ2n) is 5.71. The lowest BCUT2D eigenvalue weighted by atomic mass is 9.76. The van der Waals surface area contributed by atoms with Gasteiger partial charge < -0.3 is 10.2 Å². The Morgan fingerprint density at radius 2 is 1.71 bits per heavy atom. The third kappa shape index (κ3) is 3.54. The Hall–Kier alpha value is -1.16. The van der Waals surface area contributed by atoms with Crippen molar-refractivity contribution >= 4 is 15.9 Å². The number of aliphatic hydroxyl groups is 2. The van der Waals surface area contributed by atoms with Crippen molar-refractivity contribution in [2.24, 2.45) is 0 Å². The molecule has 0 atom stereocenters. The van der Waals surface area contributed by atoms with Crippen LogP contribution in [0.3, 0.4) is 0 Å². The van der Waals surface area contributed by atoms with Crippen LogP contribution in [-0.2, 0) is 11.8 Å². The summed E-state index contributed by atoms with van der Waals surface area (Å²) in [6, 6.07) is 14.1. The molecule has 2 aromatic rings. The Bertz CT molecular complexity index is 618. The van der Waals surface area contributed by atoms with Crippen LogP contribution in [0.4, 0.5) is 0 Å². The molecule has 0 aliphatic carbocycles. The molecule has 0 bridgehead atoms. The molecule has 0 fully saturated rings. The van der Waals surface area contributed by atoms with Crippen LogP contribution < -0.4 is 0 Å². The molecule has 21 heavy (non-hydrogen) atoms. The highest BCUT2D eigenvalue weighted by Gasteiger charge is 2.32. The van der Waals surface area contributed by atoms with Crippen molar-refractivity contribution in [3.05, 3.63) is 69.2 Å². The zero-order valence-electron chi connectivity index (χ0n) is 12.4. The van der Waals surface area contributed by atoms with E-state index in [9.17, 15) is 10.2 Å². The molecule has 0 unspecified atom stereocenters. The molecule has 0 aliphatic heterocycles. The number of benzene rings is 2. The Kier molecular flexibility index (Phi) is 5.20. The summed E-state index contributed by atoms with van der Waals surface area (Å²) in [5, 5.41) is 19.9. The van der Waals surface area contributed by atoms with Gasteiger partial charge in [-0.05, 0) is 49.1 Å². The Balaban J connectivity index is 2.45. The average molecular weight is 349 g/mol. The van der Waals surface area contributed by atoms with Crippen LogP contribution in [0, 0.1) is 13.8 Å². The summed E-state index contributed by atoms with van der Waals surface area (Å²) < 4.78 is 0.951. The summed E-state index contributed by atoms with van der Waals surface area (Å²) >= 11 is 3.46.